The van der Waals surface area contributed by atoms with Gasteiger partial charge in [0.2, 0.25) is 5.91 Å². The van der Waals surface area contributed by atoms with Crippen molar-refractivity contribution in [2.24, 2.45) is 0 Å². The van der Waals surface area contributed by atoms with Crippen LogP contribution in [0.4, 0.5) is 0 Å². The number of nitrogens with one attached hydrogen (secondary N) is 1. The number of carbonyl (C=O) groups is 2. The molecule has 1 atom stereocenters. The Balaban J connectivity index is 2.83. The minimum absolute atomic E-state index is 0.278. The molecule has 0 aliphatic heterocycles. The summed E-state index contributed by atoms with van der Waals surface area (Å²) in [5.41, 5.74) is -0.706. The Morgan fingerprint density at radius 2 is 2.05 bits per heavy atom. The molecule has 1 unspecified atom stereocenters. The highest BCUT2D eigenvalue weighted by Gasteiger charge is 2.31. The van der Waals surface area contributed by atoms with Crippen molar-refractivity contribution < 1.29 is 14.7 Å². The number of halogens is 2. The standard InChI is InChI=1S/C14H15Cl2NO3/c1-3-14(2,13(19)20)17-12(18)7-4-9-8-10(15)5-6-11(9)16/h4-8H,3H2,1-2H3,(H,17,18)(H,19,20). The lowest BCUT2D eigenvalue weighted by Crippen LogP contribution is -2.51. The number of hydrogen-bond acceptors (Lipinski definition) is 2. The fraction of sp³-hybridized carbons (Fsp3) is 0.286. The van der Waals surface area contributed by atoms with Gasteiger partial charge >= 0.3 is 5.97 Å². The molecule has 0 aliphatic rings. The van der Waals surface area contributed by atoms with E-state index >= 15 is 0 Å². The number of carbonyl (C=O) groups excluding carboxylic acids is 1. The molecule has 4 nitrogen and oxygen atoms in total. The molecule has 0 saturated carbocycles. The topological polar surface area (TPSA) is 66.4 Å². The second-order valence-electron chi connectivity index (χ2n) is 4.48. The maximum atomic E-state index is 11.8. The summed E-state index contributed by atoms with van der Waals surface area (Å²) in [6, 6.07) is 4.87. The maximum absolute atomic E-state index is 11.8. The molecule has 108 valence electrons. The molecule has 0 radical (unpaired) electrons. The Morgan fingerprint density at radius 1 is 1.40 bits per heavy atom. The van der Waals surface area contributed by atoms with Gasteiger partial charge in [0, 0.05) is 16.1 Å². The highest BCUT2D eigenvalue weighted by Crippen LogP contribution is 2.21. The van der Waals surface area contributed by atoms with E-state index in [2.05, 4.69) is 5.32 Å². The minimum Gasteiger partial charge on any atom is -0.480 e. The minimum atomic E-state index is -1.29. The zero-order valence-corrected chi connectivity index (χ0v) is 12.6. The van der Waals surface area contributed by atoms with Gasteiger partial charge in [0.05, 0.1) is 0 Å². The summed E-state index contributed by atoms with van der Waals surface area (Å²) in [5, 5.41) is 12.5. The Hall–Kier alpha value is -1.52. The Bertz CT molecular complexity index is 557. The summed E-state index contributed by atoms with van der Waals surface area (Å²) in [7, 11) is 0. The van der Waals surface area contributed by atoms with Crippen LogP contribution in [0, 0.1) is 0 Å². The van der Waals surface area contributed by atoms with Gasteiger partial charge in [-0.15, -0.1) is 0 Å². The number of carboxylic acid groups (broad SMARTS) is 1. The normalized spacial score (nSPS) is 14.0. The molecule has 1 rings (SSSR count). The van der Waals surface area contributed by atoms with Crippen LogP contribution in [-0.4, -0.2) is 22.5 Å². The monoisotopic (exact) mass is 315 g/mol. The van der Waals surface area contributed by atoms with E-state index in [1.54, 1.807) is 25.1 Å². The second kappa shape index (κ2) is 6.77. The van der Waals surface area contributed by atoms with Crippen molar-refractivity contribution in [1.82, 2.24) is 5.32 Å². The highest BCUT2D eigenvalue weighted by molar-refractivity contribution is 6.34. The molecule has 1 aromatic carbocycles. The molecule has 0 heterocycles. The molecule has 1 aromatic rings. The third-order valence-electron chi connectivity index (χ3n) is 2.95. The molecular formula is C14H15Cl2NO3. The van der Waals surface area contributed by atoms with Crippen molar-refractivity contribution in [2.75, 3.05) is 0 Å². The van der Waals surface area contributed by atoms with Gasteiger partial charge in [-0.25, -0.2) is 4.79 Å². The summed E-state index contributed by atoms with van der Waals surface area (Å²) < 4.78 is 0. The molecule has 0 spiro atoms. The third-order valence-corrected chi connectivity index (χ3v) is 3.53. The number of hydrogen-bond donors (Lipinski definition) is 2. The number of rotatable bonds is 5. The van der Waals surface area contributed by atoms with Gasteiger partial charge in [-0.3, -0.25) is 4.79 Å². The largest absolute Gasteiger partial charge is 0.480 e. The van der Waals surface area contributed by atoms with Gasteiger partial charge in [-0.2, -0.15) is 0 Å². The molecule has 0 bridgehead atoms. The average molecular weight is 316 g/mol. The maximum Gasteiger partial charge on any atom is 0.329 e. The molecule has 1 amide bonds. The molecular weight excluding hydrogens is 301 g/mol. The van der Waals surface area contributed by atoms with Crippen molar-refractivity contribution in [3.05, 3.63) is 39.9 Å². The molecule has 0 fully saturated rings. The highest BCUT2D eigenvalue weighted by atomic mass is 35.5. The summed E-state index contributed by atoms with van der Waals surface area (Å²) in [5.74, 6) is -1.59. The first-order valence-corrected chi connectivity index (χ1v) is 6.73. The predicted octanol–water partition coefficient (Wildman–Crippen LogP) is 3.38. The number of aliphatic carboxylic acids is 1. The average Bonchev–Trinajstić information content (AvgIpc) is 2.39. The van der Waals surface area contributed by atoms with Crippen LogP contribution in [0.25, 0.3) is 6.08 Å². The van der Waals surface area contributed by atoms with E-state index in [0.717, 1.165) is 0 Å². The first kappa shape index (κ1) is 16.5. The van der Waals surface area contributed by atoms with Gasteiger partial charge in [0.1, 0.15) is 5.54 Å². The second-order valence-corrected chi connectivity index (χ2v) is 5.32. The molecule has 0 aliphatic carbocycles. The summed E-state index contributed by atoms with van der Waals surface area (Å²) >= 11 is 11.8. The van der Waals surface area contributed by atoms with Crippen LogP contribution in [0.1, 0.15) is 25.8 Å². The van der Waals surface area contributed by atoms with E-state index < -0.39 is 17.4 Å². The summed E-state index contributed by atoms with van der Waals surface area (Å²) in [6.45, 7) is 3.14. The van der Waals surface area contributed by atoms with Crippen LogP contribution in [0.2, 0.25) is 10.0 Å². The number of benzene rings is 1. The first-order chi connectivity index (χ1) is 9.28. The SMILES string of the molecule is CCC(C)(NC(=O)C=Cc1cc(Cl)ccc1Cl)C(=O)O. The predicted molar refractivity (Wildman–Crippen MR) is 80.0 cm³/mol. The zero-order chi connectivity index (χ0) is 15.3. The van der Waals surface area contributed by atoms with Crippen molar-refractivity contribution in [1.29, 1.82) is 0 Å². The smallest absolute Gasteiger partial charge is 0.329 e. The van der Waals surface area contributed by atoms with Crippen LogP contribution in [0.3, 0.4) is 0 Å². The molecule has 2 N–H and O–H groups in total. The molecule has 20 heavy (non-hydrogen) atoms. The van der Waals surface area contributed by atoms with Crippen LogP contribution in [0.5, 0.6) is 0 Å². The van der Waals surface area contributed by atoms with Gasteiger partial charge < -0.3 is 10.4 Å². The van der Waals surface area contributed by atoms with Gasteiger partial charge in [0.25, 0.3) is 0 Å². The molecule has 0 saturated heterocycles. The van der Waals surface area contributed by atoms with Crippen LogP contribution in [-0.2, 0) is 9.59 Å². The van der Waals surface area contributed by atoms with Crippen molar-refractivity contribution >= 4 is 41.2 Å². The first-order valence-electron chi connectivity index (χ1n) is 5.97. The van der Waals surface area contributed by atoms with E-state index in [-0.39, 0.29) is 6.42 Å². The van der Waals surface area contributed by atoms with E-state index in [4.69, 9.17) is 28.3 Å². The Kier molecular flexibility index (Phi) is 5.60. The van der Waals surface area contributed by atoms with Crippen molar-refractivity contribution in [2.45, 2.75) is 25.8 Å². The van der Waals surface area contributed by atoms with Crippen LogP contribution in [0.15, 0.2) is 24.3 Å². The van der Waals surface area contributed by atoms with Gasteiger partial charge in [-0.05, 0) is 43.2 Å². The number of carboxylic acids is 1. The lowest BCUT2D eigenvalue weighted by Gasteiger charge is -2.23. The van der Waals surface area contributed by atoms with E-state index in [0.29, 0.717) is 15.6 Å². The van der Waals surface area contributed by atoms with E-state index in [1.165, 1.54) is 19.1 Å². The van der Waals surface area contributed by atoms with Gasteiger partial charge in [-0.1, -0.05) is 30.1 Å². The Morgan fingerprint density at radius 3 is 2.60 bits per heavy atom. The molecule has 0 aromatic heterocycles. The Labute approximate surface area is 127 Å². The molecule has 6 heteroatoms. The summed E-state index contributed by atoms with van der Waals surface area (Å²) in [4.78, 5) is 22.8. The van der Waals surface area contributed by atoms with Crippen LogP contribution >= 0.6 is 23.2 Å². The lowest BCUT2D eigenvalue weighted by atomic mass is 9.99. The quantitative estimate of drug-likeness (QED) is 0.819. The van der Waals surface area contributed by atoms with Crippen LogP contribution < -0.4 is 5.32 Å². The summed E-state index contributed by atoms with van der Waals surface area (Å²) in [6.07, 6.45) is 3.00. The third kappa shape index (κ3) is 4.25. The van der Waals surface area contributed by atoms with Crippen molar-refractivity contribution in [3.8, 4) is 0 Å². The van der Waals surface area contributed by atoms with E-state index in [9.17, 15) is 9.59 Å². The van der Waals surface area contributed by atoms with Crippen molar-refractivity contribution in [3.63, 3.8) is 0 Å². The van der Waals surface area contributed by atoms with Gasteiger partial charge in [0.15, 0.2) is 0 Å². The fourth-order valence-electron chi connectivity index (χ4n) is 1.41. The lowest BCUT2D eigenvalue weighted by molar-refractivity contribution is -0.146. The number of amides is 1. The zero-order valence-electron chi connectivity index (χ0n) is 11.1. The fourth-order valence-corrected chi connectivity index (χ4v) is 1.78. The van der Waals surface area contributed by atoms with E-state index in [1.807, 2.05) is 0 Å².